The maximum Gasteiger partial charge on any atom is 0.326 e. The highest BCUT2D eigenvalue weighted by Crippen LogP contribution is 2.17. The first-order valence-electron chi connectivity index (χ1n) is 17.0. The molecule has 0 fully saturated rings. The molecule has 0 radical (unpaired) electrons. The second kappa shape index (κ2) is 29.6. The molecule has 28 nitrogen and oxygen atoms in total. The third kappa shape index (κ3) is 20.5. The van der Waals surface area contributed by atoms with Crippen LogP contribution in [0.3, 0.4) is 0 Å². The molecule has 0 aromatic rings. The summed E-state index contributed by atoms with van der Waals surface area (Å²) >= 11 is 0. The lowest BCUT2D eigenvalue weighted by atomic mass is 10.1. The van der Waals surface area contributed by atoms with E-state index in [1.165, 1.54) is 0 Å². The van der Waals surface area contributed by atoms with Crippen molar-refractivity contribution in [1.29, 1.82) is 0 Å². The Bertz CT molecular complexity index is 1730. The molecule has 0 bridgehead atoms. The Kier molecular flexibility index (Phi) is 25.8. The number of hydrogen-bond acceptors (Lipinski definition) is 20. The van der Waals surface area contributed by atoms with Gasteiger partial charge in [-0.05, 0) is 19.3 Å². The van der Waals surface area contributed by atoms with Crippen molar-refractivity contribution in [1.82, 2.24) is 32.3 Å². The fourth-order valence-electron chi connectivity index (χ4n) is 4.15. The summed E-state index contributed by atoms with van der Waals surface area (Å²) < 4.78 is 9.08. The van der Waals surface area contributed by atoms with Crippen molar-refractivity contribution in [2.45, 2.75) is 69.3 Å². The van der Waals surface area contributed by atoms with Crippen molar-refractivity contribution >= 4 is 73.0 Å². The fourth-order valence-corrected chi connectivity index (χ4v) is 4.15. The molecule has 4 atom stereocenters. The predicted octanol–water partition coefficient (Wildman–Crippen LogP) is -3.07. The zero-order valence-electron chi connectivity index (χ0n) is 31.4. The number of nitrogens with zero attached hydrogens (tertiary/aromatic N) is 4. The van der Waals surface area contributed by atoms with E-state index >= 15 is 0 Å². The molecule has 2 aliphatic heterocycles. The summed E-state index contributed by atoms with van der Waals surface area (Å²) in [4.78, 5) is 134. The van der Waals surface area contributed by atoms with E-state index in [2.05, 4.69) is 75.4 Å². The van der Waals surface area contributed by atoms with Crippen LogP contribution in [0.1, 0.15) is 44.9 Å². The number of aldehydes is 2. The van der Waals surface area contributed by atoms with Gasteiger partial charge in [-0.3, -0.25) is 54.0 Å². The van der Waals surface area contributed by atoms with Crippen LogP contribution in [-0.4, -0.2) is 137 Å². The molecule has 0 aromatic carbocycles. The highest BCUT2D eigenvalue weighted by Gasteiger charge is 2.30. The molecule has 0 aliphatic carbocycles. The van der Waals surface area contributed by atoms with Crippen LogP contribution in [0.5, 0.6) is 0 Å². The number of carboxylic acid groups (broad SMARTS) is 4. The van der Waals surface area contributed by atoms with Crippen molar-refractivity contribution in [2.24, 2.45) is 20.5 Å². The minimum absolute atomic E-state index is 0.0619. The Morgan fingerprint density at radius 2 is 1.08 bits per heavy atom. The molecular weight excluding hydrogens is 812 g/mol. The van der Waals surface area contributed by atoms with Gasteiger partial charge in [-0.1, -0.05) is 0 Å². The van der Waals surface area contributed by atoms with E-state index in [4.69, 9.17) is 20.4 Å². The molecule has 2 heterocycles. The Hall–Kier alpha value is -7.62. The summed E-state index contributed by atoms with van der Waals surface area (Å²) in [6, 6.07) is -3.43. The van der Waals surface area contributed by atoms with Crippen LogP contribution in [0.15, 0.2) is 56.2 Å². The van der Waals surface area contributed by atoms with Gasteiger partial charge in [0.1, 0.15) is 18.6 Å². The lowest BCUT2D eigenvalue weighted by Crippen LogP contribution is -2.47. The number of hydrogen-bond donors (Lipinski definition) is 10. The number of amides is 4. The van der Waals surface area contributed by atoms with Crippen LogP contribution in [-0.2, 0) is 67.0 Å². The molecule has 0 saturated carbocycles. The van der Waals surface area contributed by atoms with Gasteiger partial charge in [-0.25, -0.2) is 15.6 Å². The van der Waals surface area contributed by atoms with Gasteiger partial charge in [-0.15, -0.1) is 23.4 Å². The molecule has 2 aliphatic rings. The highest BCUT2D eigenvalue weighted by atomic mass is 16.5. The Morgan fingerprint density at radius 1 is 0.617 bits per heavy atom. The van der Waals surface area contributed by atoms with Crippen molar-refractivity contribution in [3.8, 4) is 0 Å². The molecule has 60 heavy (non-hydrogen) atoms. The number of ether oxygens (including phenoxy) is 2. The van der Waals surface area contributed by atoms with Gasteiger partial charge < -0.3 is 50.1 Å². The van der Waals surface area contributed by atoms with Gasteiger partial charge in [0.05, 0.1) is 42.9 Å². The molecule has 10 N–H and O–H groups in total. The molecule has 4 amide bonds. The number of carbonyl (C=O) groups excluding carboxylic acids is 8. The van der Waals surface area contributed by atoms with E-state index < -0.39 is 84.0 Å². The molecule has 0 spiro atoms. The van der Waals surface area contributed by atoms with Crippen LogP contribution >= 0.6 is 0 Å². The Balaban J connectivity index is 0.00000111. The number of aliphatic carboxylic acids is 4. The third-order valence-corrected chi connectivity index (χ3v) is 7.09. The van der Waals surface area contributed by atoms with Crippen LogP contribution < -0.4 is 32.3 Å². The number of hydrazine groups is 2. The summed E-state index contributed by atoms with van der Waals surface area (Å²) in [6.45, 7) is 5.57. The Morgan fingerprint density at radius 3 is 1.53 bits per heavy atom. The van der Waals surface area contributed by atoms with Gasteiger partial charge in [0.25, 0.3) is 36.6 Å². The number of azo groups is 2. The van der Waals surface area contributed by atoms with E-state index in [1.54, 1.807) is 0 Å². The summed E-state index contributed by atoms with van der Waals surface area (Å²) in [5.74, 6) is -8.51. The summed E-state index contributed by atoms with van der Waals surface area (Å²) in [5, 5.41) is 53.5. The molecular formula is C32H42N10O18. The quantitative estimate of drug-likeness (QED) is 0.0123. The third-order valence-electron chi connectivity index (χ3n) is 7.09. The molecule has 0 unspecified atom stereocenters. The topological polar surface area (TPSA) is 426 Å². The van der Waals surface area contributed by atoms with Gasteiger partial charge >= 0.3 is 23.9 Å². The van der Waals surface area contributed by atoms with Gasteiger partial charge in [0.2, 0.25) is 0 Å². The first-order chi connectivity index (χ1) is 28.6. The highest BCUT2D eigenvalue weighted by molar-refractivity contribution is 6.06. The summed E-state index contributed by atoms with van der Waals surface area (Å²) in [6.07, 6.45) is -1.99. The van der Waals surface area contributed by atoms with E-state index in [0.29, 0.717) is 12.6 Å². The maximum atomic E-state index is 12.3. The monoisotopic (exact) mass is 854 g/mol. The fraction of sp³-hybridized carbons (Fsp3) is 0.438. The van der Waals surface area contributed by atoms with Crippen LogP contribution in [0.25, 0.3) is 0 Å². The minimum atomic E-state index is -1.52. The smallest absolute Gasteiger partial charge is 0.326 e. The van der Waals surface area contributed by atoms with Crippen molar-refractivity contribution in [3.05, 3.63) is 35.7 Å². The van der Waals surface area contributed by atoms with Crippen LogP contribution in [0.2, 0.25) is 0 Å². The first-order valence-corrected chi connectivity index (χ1v) is 17.0. The van der Waals surface area contributed by atoms with Crippen molar-refractivity contribution < 1.29 is 87.4 Å². The lowest BCUT2D eigenvalue weighted by Gasteiger charge is -2.17. The van der Waals surface area contributed by atoms with Crippen molar-refractivity contribution in [3.63, 3.8) is 0 Å². The average molecular weight is 855 g/mol. The average Bonchev–Trinajstić information content (AvgIpc) is 3.92. The molecule has 328 valence electrons. The van der Waals surface area contributed by atoms with Gasteiger partial charge in [-0.2, -0.15) is 10.2 Å². The molecule has 0 saturated heterocycles. The first kappa shape index (κ1) is 52.4. The molecule has 2 rings (SSSR count). The van der Waals surface area contributed by atoms with Gasteiger partial charge in [0, 0.05) is 25.7 Å². The number of nitrogens with one attached hydrogen (secondary N) is 6. The summed E-state index contributed by atoms with van der Waals surface area (Å²) in [5.41, 5.74) is 7.85. The number of carboxylic acids is 4. The largest absolute Gasteiger partial charge is 0.481 e. The standard InChI is InChI=1S/C15H20N6O8.C15H18N4O10.C2H4/c22-6-8(1-3-11(24)25)17-20-14(28)10-5-16-19-13(10)15(29)21-18-9(7-23)2-4-12(26)27;20-6-28-4-3-10(29-7-21)18-13(24)8-5-16-19-12(8)14(25)17-9(15(26)27)1-2-11(22)23;1-2/h6-9,17-18H,1-5H2,(H,20,28)(H,21,29)(H,24,25)(H,26,27);6-7,9-10H,1-5H2,(H,17,25)(H,18,24)(H,22,23)(H,26,27);1-2H2/t8-,9-;9-,10+;/m00./s1. The van der Waals surface area contributed by atoms with Gasteiger partial charge in [0.15, 0.2) is 17.6 Å². The van der Waals surface area contributed by atoms with E-state index in [0.717, 1.165) is 0 Å². The predicted molar refractivity (Wildman–Crippen MR) is 193 cm³/mol. The SMILES string of the molecule is C=C.O=COCC[C@H](NC(=O)C1=C(C(=O)N[C@@H](CCC(=O)O)C(=O)O)N=NC1)OC=O.O=C[C@H](CCC(=O)O)NNC(=O)C1=C(C(=O)NN[C@H](C=O)CCC(=O)O)N=NC1. The second-order valence-corrected chi connectivity index (χ2v) is 11.2. The van der Waals surface area contributed by atoms with E-state index in [9.17, 15) is 57.5 Å². The molecule has 0 aromatic heterocycles. The lowest BCUT2D eigenvalue weighted by molar-refractivity contribution is -0.143. The number of carbonyl (C=O) groups is 12. The van der Waals surface area contributed by atoms with Crippen molar-refractivity contribution in [2.75, 3.05) is 19.7 Å². The van der Waals surface area contributed by atoms with Crippen LogP contribution in [0.4, 0.5) is 0 Å². The van der Waals surface area contributed by atoms with E-state index in [1.807, 2.05) is 0 Å². The normalized spacial score (nSPS) is 14.2. The summed E-state index contributed by atoms with van der Waals surface area (Å²) in [7, 11) is 0. The zero-order valence-corrected chi connectivity index (χ0v) is 31.4. The Labute approximate surface area is 337 Å². The van der Waals surface area contributed by atoms with E-state index in [-0.39, 0.29) is 88.0 Å². The number of rotatable bonds is 28. The maximum absolute atomic E-state index is 12.3. The van der Waals surface area contributed by atoms with Crippen LogP contribution in [0, 0.1) is 0 Å². The zero-order chi connectivity index (χ0) is 45.6. The minimum Gasteiger partial charge on any atom is -0.481 e. The molecule has 28 heteroatoms. The second-order valence-electron chi connectivity index (χ2n) is 11.2.